The summed E-state index contributed by atoms with van der Waals surface area (Å²) in [5, 5.41) is 37.6. The summed E-state index contributed by atoms with van der Waals surface area (Å²) < 4.78 is 16.4. The largest absolute Gasteiger partial charge is 0.492 e. The van der Waals surface area contributed by atoms with Gasteiger partial charge in [-0.25, -0.2) is 0 Å². The van der Waals surface area contributed by atoms with Gasteiger partial charge in [-0.2, -0.15) is 0 Å². The molecule has 0 aromatic rings. The number of aliphatic hydroxyl groups is 3. The molecule has 0 radical (unpaired) electrons. The van der Waals surface area contributed by atoms with Crippen molar-refractivity contribution < 1.29 is 58.3 Å². The maximum absolute atomic E-state index is 10.5. The molecule has 0 amide bonds. The number of nitrogens with one attached hydrogen (secondary N) is 2. The monoisotopic (exact) mass is 707 g/mol. The Balaban J connectivity index is 4.62. The topological polar surface area (TPSA) is 266 Å². The molecule has 278 valence electrons. The summed E-state index contributed by atoms with van der Waals surface area (Å²) in [5.74, 6) is 0. The first-order valence-electron chi connectivity index (χ1n) is 16.1. The van der Waals surface area contributed by atoms with E-state index in [1.54, 1.807) is 0 Å². The molecule has 19 heteroatoms. The van der Waals surface area contributed by atoms with Gasteiger partial charge in [0.2, 0.25) is 0 Å². The maximum Gasteiger partial charge on any atom is 0.492 e. The lowest BCUT2D eigenvalue weighted by Crippen LogP contribution is -2.45. The number of rotatable bonds is 31. The molecule has 0 bridgehead atoms. The normalized spacial score (nSPS) is 15.2. The van der Waals surface area contributed by atoms with Crippen LogP contribution < -0.4 is 16.4 Å². The molecule has 0 spiro atoms. The van der Waals surface area contributed by atoms with Crippen LogP contribution in [0.15, 0.2) is 0 Å². The summed E-state index contributed by atoms with van der Waals surface area (Å²) in [4.78, 5) is 58.4. The van der Waals surface area contributed by atoms with Gasteiger partial charge in [-0.05, 0) is 33.6 Å². The minimum atomic E-state index is -4.10. The van der Waals surface area contributed by atoms with E-state index in [9.17, 15) is 15.3 Å². The number of ether oxygens (including phenoxy) is 3. The molecule has 0 rings (SSSR count). The van der Waals surface area contributed by atoms with Crippen LogP contribution in [-0.2, 0) is 14.2 Å². The number of hydrogen-bond acceptors (Lipinski definition) is 17. The third-order valence-corrected chi connectivity index (χ3v) is 8.56. The van der Waals surface area contributed by atoms with Crippen LogP contribution in [-0.4, -0.2) is 200 Å². The number of hydrogen-bond donors (Lipinski definition) is 12. The van der Waals surface area contributed by atoms with E-state index in [1.807, 2.05) is 25.7 Å². The average Bonchev–Trinajstić information content (AvgIpc) is 2.92. The minimum absolute atomic E-state index is 0.0476. The van der Waals surface area contributed by atoms with Crippen molar-refractivity contribution in [2.75, 3.05) is 105 Å². The van der Waals surface area contributed by atoms with Crippen molar-refractivity contribution in [3.8, 4) is 0 Å². The molecule has 3 atom stereocenters. The first-order chi connectivity index (χ1) is 21.4. The fraction of sp³-hybridized carbons (Fsp3) is 1.00. The van der Waals surface area contributed by atoms with Crippen LogP contribution in [0.2, 0.25) is 12.1 Å². The molecule has 0 aliphatic rings. The third kappa shape index (κ3) is 32.3. The first kappa shape index (κ1) is 45.8. The van der Waals surface area contributed by atoms with Gasteiger partial charge in [-0.1, -0.05) is 0 Å². The molecule has 3 unspecified atom stereocenters. The Bertz CT molecular complexity index is 720. The molecule has 17 nitrogen and oxygen atoms in total. The van der Waals surface area contributed by atoms with Crippen molar-refractivity contribution in [2.45, 2.75) is 69.6 Å². The second kappa shape index (κ2) is 25.7. The molecule has 0 saturated heterocycles. The summed E-state index contributed by atoms with van der Waals surface area (Å²) in [6.45, 7) is 12.4. The first-order valence-corrected chi connectivity index (χ1v) is 20.2. The highest BCUT2D eigenvalue weighted by atomic mass is 28.4. The van der Waals surface area contributed by atoms with Crippen LogP contribution in [0.5, 0.6) is 0 Å². The SMILES string of the molecule is CC(C)(C)OCC(O)CN(CCN)CCNCCN(CCNCC(O)COCCC[Si](O)(O)O)CC(O)COCCC[Si](O)(O)O. The Labute approximate surface area is 276 Å². The smallest absolute Gasteiger partial charge is 0.390 e. The second-order valence-electron chi connectivity index (χ2n) is 12.6. The number of nitrogens with zero attached hydrogens (tertiary/aromatic N) is 2. The maximum atomic E-state index is 10.5. The molecule has 13 N–H and O–H groups in total. The number of nitrogens with two attached hydrogens (primary N) is 1. The lowest BCUT2D eigenvalue weighted by molar-refractivity contribution is -0.0558. The van der Waals surface area contributed by atoms with Crippen molar-refractivity contribution in [3.63, 3.8) is 0 Å². The zero-order valence-corrected chi connectivity index (χ0v) is 30.1. The molecule has 0 fully saturated rings. The fourth-order valence-corrected chi connectivity index (χ4v) is 5.48. The second-order valence-corrected chi connectivity index (χ2v) is 16.7. The summed E-state index contributed by atoms with van der Waals surface area (Å²) in [6, 6.07) is -0.257. The van der Waals surface area contributed by atoms with Gasteiger partial charge in [-0.15, -0.1) is 0 Å². The summed E-state index contributed by atoms with van der Waals surface area (Å²) in [6.07, 6.45) is -1.66. The summed E-state index contributed by atoms with van der Waals surface area (Å²) in [7, 11) is -8.18. The van der Waals surface area contributed by atoms with Gasteiger partial charge in [0, 0.05) is 97.3 Å². The number of aliphatic hydroxyl groups excluding tert-OH is 3. The highest BCUT2D eigenvalue weighted by molar-refractivity contribution is 6.56. The van der Waals surface area contributed by atoms with Gasteiger partial charge >= 0.3 is 17.6 Å². The van der Waals surface area contributed by atoms with Crippen LogP contribution in [0.3, 0.4) is 0 Å². The zero-order chi connectivity index (χ0) is 35.1. The molecule has 0 aliphatic heterocycles. The third-order valence-electron chi connectivity index (χ3n) is 6.51. The van der Waals surface area contributed by atoms with Crippen molar-refractivity contribution >= 4 is 17.6 Å². The molecule has 0 saturated carbocycles. The Kier molecular flexibility index (Phi) is 25.5. The van der Waals surface area contributed by atoms with Gasteiger partial charge in [0.25, 0.3) is 0 Å². The van der Waals surface area contributed by atoms with E-state index < -0.39 is 35.9 Å². The highest BCUT2D eigenvalue weighted by Gasteiger charge is 2.26. The minimum Gasteiger partial charge on any atom is -0.390 e. The lowest BCUT2D eigenvalue weighted by Gasteiger charge is -2.28. The predicted molar refractivity (Wildman–Crippen MR) is 177 cm³/mol. The quantitative estimate of drug-likeness (QED) is 0.0238. The Morgan fingerprint density at radius 1 is 0.652 bits per heavy atom. The van der Waals surface area contributed by atoms with Crippen LogP contribution in [0, 0.1) is 0 Å². The van der Waals surface area contributed by atoms with Gasteiger partial charge in [0.05, 0.1) is 43.7 Å². The van der Waals surface area contributed by atoms with E-state index in [-0.39, 0.29) is 70.1 Å². The molecule has 0 aliphatic carbocycles. The van der Waals surface area contributed by atoms with Crippen LogP contribution in [0.4, 0.5) is 0 Å². The highest BCUT2D eigenvalue weighted by Crippen LogP contribution is 2.08. The molecule has 0 heterocycles. The van der Waals surface area contributed by atoms with Crippen LogP contribution in [0.1, 0.15) is 33.6 Å². The molecular formula is C27H65N5O12Si2. The lowest BCUT2D eigenvalue weighted by atomic mass is 10.2. The van der Waals surface area contributed by atoms with Crippen LogP contribution in [0.25, 0.3) is 0 Å². The molecule has 0 aromatic carbocycles. The zero-order valence-electron chi connectivity index (χ0n) is 28.1. The molecular weight excluding hydrogens is 642 g/mol. The molecule has 0 aromatic heterocycles. The fourth-order valence-electron chi connectivity index (χ4n) is 4.24. The average molecular weight is 708 g/mol. The van der Waals surface area contributed by atoms with Gasteiger partial charge < -0.3 is 74.7 Å². The van der Waals surface area contributed by atoms with Crippen molar-refractivity contribution in [3.05, 3.63) is 0 Å². The summed E-state index contributed by atoms with van der Waals surface area (Å²) >= 11 is 0. The van der Waals surface area contributed by atoms with Gasteiger partial charge in [0.1, 0.15) is 0 Å². The Morgan fingerprint density at radius 2 is 1.09 bits per heavy atom. The summed E-state index contributed by atoms with van der Waals surface area (Å²) in [5.41, 5.74) is 5.43. The van der Waals surface area contributed by atoms with E-state index in [0.717, 1.165) is 0 Å². The van der Waals surface area contributed by atoms with Crippen LogP contribution >= 0.6 is 0 Å². The van der Waals surface area contributed by atoms with Crippen molar-refractivity contribution in [2.24, 2.45) is 5.73 Å². The van der Waals surface area contributed by atoms with Gasteiger partial charge in [0.15, 0.2) is 0 Å². The van der Waals surface area contributed by atoms with Crippen molar-refractivity contribution in [1.82, 2.24) is 20.4 Å². The Hall–Kier alpha value is -0.246. The van der Waals surface area contributed by atoms with E-state index >= 15 is 0 Å². The van der Waals surface area contributed by atoms with E-state index in [2.05, 4.69) is 15.5 Å². The van der Waals surface area contributed by atoms with E-state index in [1.165, 1.54) is 0 Å². The molecule has 46 heavy (non-hydrogen) atoms. The van der Waals surface area contributed by atoms with E-state index in [0.29, 0.717) is 65.4 Å². The van der Waals surface area contributed by atoms with Crippen molar-refractivity contribution in [1.29, 1.82) is 0 Å². The Morgan fingerprint density at radius 3 is 1.54 bits per heavy atom. The van der Waals surface area contributed by atoms with E-state index in [4.69, 9.17) is 48.7 Å². The van der Waals surface area contributed by atoms with Gasteiger partial charge in [-0.3, -0.25) is 9.80 Å². The predicted octanol–water partition coefficient (Wildman–Crippen LogP) is -4.73. The standard InChI is InChI=1S/C27H65N5O12Si2/c1-27(2,3)44-23-26(35)20-31(10-6-28)11-7-29-8-12-32(19-25(34)22-43-15-5-17-46(39,40)41)13-9-30-18-24(33)21-42-14-4-16-45(36,37)38/h24-26,29-30,33-41H,4-23,28H2,1-3H3.